The molecular weight excluding hydrogens is 332 g/mol. The van der Waals surface area contributed by atoms with Gasteiger partial charge in [-0.15, -0.1) is 5.10 Å². The highest BCUT2D eigenvalue weighted by atomic mass is 32.1. The van der Waals surface area contributed by atoms with Gasteiger partial charge in [0, 0.05) is 12.2 Å². The Morgan fingerprint density at radius 2 is 2.09 bits per heavy atom. The van der Waals surface area contributed by atoms with Crippen molar-refractivity contribution in [3.63, 3.8) is 0 Å². The number of hydrogen-bond acceptors (Lipinski definition) is 6. The second-order valence-electron chi connectivity index (χ2n) is 4.95. The molecule has 0 unspecified atom stereocenters. The van der Waals surface area contributed by atoms with Crippen LogP contribution < -0.4 is 20.1 Å². The minimum atomic E-state index is 0.278. The fraction of sp³-hybridized carbons (Fsp3) is 0.133. The molecule has 2 aromatic carbocycles. The molecule has 6 nitrogen and oxygen atoms in total. The monoisotopic (exact) mass is 344 g/mol. The maximum absolute atomic E-state index is 5.36. The molecule has 0 saturated carbocycles. The van der Waals surface area contributed by atoms with E-state index in [2.05, 4.69) is 20.2 Å². The van der Waals surface area contributed by atoms with E-state index in [-0.39, 0.29) is 6.79 Å². The number of thiocarbonyl (C=S) groups is 1. The summed E-state index contributed by atoms with van der Waals surface area (Å²) < 4.78 is 15.6. The van der Waals surface area contributed by atoms with E-state index in [1.807, 2.05) is 36.4 Å². The maximum atomic E-state index is 5.36. The second kappa shape index (κ2) is 5.98. The van der Waals surface area contributed by atoms with Crippen LogP contribution >= 0.6 is 23.8 Å². The Kier molecular flexibility index (Phi) is 3.68. The van der Waals surface area contributed by atoms with Crippen LogP contribution in [0, 0.1) is 0 Å². The Morgan fingerprint density at radius 1 is 1.17 bits per heavy atom. The highest BCUT2D eigenvalue weighted by molar-refractivity contribution is 7.80. The molecule has 8 heteroatoms. The van der Waals surface area contributed by atoms with Gasteiger partial charge in [0.2, 0.25) is 6.79 Å². The van der Waals surface area contributed by atoms with Crippen LogP contribution in [-0.4, -0.2) is 21.5 Å². The zero-order chi connectivity index (χ0) is 15.6. The van der Waals surface area contributed by atoms with Crippen molar-refractivity contribution >= 4 is 44.8 Å². The fourth-order valence-corrected chi connectivity index (χ4v) is 3.00. The molecule has 0 spiro atoms. The van der Waals surface area contributed by atoms with Gasteiger partial charge in [-0.1, -0.05) is 10.6 Å². The molecule has 2 N–H and O–H groups in total. The van der Waals surface area contributed by atoms with Gasteiger partial charge in [-0.05, 0) is 59.6 Å². The summed E-state index contributed by atoms with van der Waals surface area (Å²) in [7, 11) is 0. The van der Waals surface area contributed by atoms with Gasteiger partial charge >= 0.3 is 0 Å². The minimum Gasteiger partial charge on any atom is -0.454 e. The molecule has 0 radical (unpaired) electrons. The van der Waals surface area contributed by atoms with Crippen LogP contribution in [0.1, 0.15) is 5.56 Å². The molecule has 1 aromatic heterocycles. The Hall–Kier alpha value is -2.45. The van der Waals surface area contributed by atoms with Gasteiger partial charge in [0.05, 0.1) is 4.70 Å². The predicted octanol–water partition coefficient (Wildman–Crippen LogP) is 2.91. The molecule has 0 fully saturated rings. The Balaban J connectivity index is 1.38. The SMILES string of the molecule is S=C(NCc1ccc2c(c1)OCO2)Nc1ccc2snnc2c1. The van der Waals surface area contributed by atoms with Crippen molar-refractivity contribution in [2.75, 3.05) is 12.1 Å². The van der Waals surface area contributed by atoms with Gasteiger partial charge in [-0.2, -0.15) is 0 Å². The van der Waals surface area contributed by atoms with Crippen LogP contribution in [0.4, 0.5) is 5.69 Å². The number of fused-ring (bicyclic) bond motifs is 2. The standard InChI is InChI=1S/C15H12N4O2S2/c22-15(17-10-2-4-14-11(6-10)18-19-23-14)16-7-9-1-3-12-13(5-9)21-8-20-12/h1-6H,7-8H2,(H2,16,17,22). The highest BCUT2D eigenvalue weighted by Crippen LogP contribution is 2.32. The van der Waals surface area contributed by atoms with Crippen molar-refractivity contribution in [1.82, 2.24) is 14.9 Å². The van der Waals surface area contributed by atoms with E-state index < -0.39 is 0 Å². The maximum Gasteiger partial charge on any atom is 0.231 e. The highest BCUT2D eigenvalue weighted by Gasteiger charge is 2.13. The number of nitrogens with zero attached hydrogens (tertiary/aromatic N) is 2. The molecule has 0 aliphatic carbocycles. The van der Waals surface area contributed by atoms with E-state index in [0.29, 0.717) is 11.7 Å². The lowest BCUT2D eigenvalue weighted by Gasteiger charge is -2.11. The summed E-state index contributed by atoms with van der Waals surface area (Å²) in [6.45, 7) is 0.878. The molecule has 3 aromatic rings. The zero-order valence-corrected chi connectivity index (χ0v) is 13.5. The first kappa shape index (κ1) is 14.2. The smallest absolute Gasteiger partial charge is 0.231 e. The molecule has 0 bridgehead atoms. The average Bonchev–Trinajstić information content (AvgIpc) is 3.20. The molecule has 23 heavy (non-hydrogen) atoms. The van der Waals surface area contributed by atoms with Crippen LogP contribution in [-0.2, 0) is 6.54 Å². The first-order valence-corrected chi connectivity index (χ1v) is 8.11. The lowest BCUT2D eigenvalue weighted by molar-refractivity contribution is 0.174. The largest absolute Gasteiger partial charge is 0.454 e. The molecular formula is C15H12N4O2S2. The number of aromatic nitrogens is 2. The van der Waals surface area contributed by atoms with Crippen LogP contribution in [0.5, 0.6) is 11.5 Å². The van der Waals surface area contributed by atoms with E-state index in [1.54, 1.807) is 0 Å². The van der Waals surface area contributed by atoms with E-state index >= 15 is 0 Å². The van der Waals surface area contributed by atoms with Gasteiger partial charge in [0.25, 0.3) is 0 Å². The van der Waals surface area contributed by atoms with Crippen molar-refractivity contribution < 1.29 is 9.47 Å². The van der Waals surface area contributed by atoms with Crippen molar-refractivity contribution in [2.45, 2.75) is 6.54 Å². The van der Waals surface area contributed by atoms with Gasteiger partial charge in [-0.3, -0.25) is 0 Å². The molecule has 1 aliphatic heterocycles. The van der Waals surface area contributed by atoms with E-state index in [1.165, 1.54) is 11.5 Å². The Morgan fingerprint density at radius 3 is 3.04 bits per heavy atom. The summed E-state index contributed by atoms with van der Waals surface area (Å²) >= 11 is 6.70. The van der Waals surface area contributed by atoms with Gasteiger partial charge in [0.15, 0.2) is 16.6 Å². The normalized spacial score (nSPS) is 12.3. The van der Waals surface area contributed by atoms with Crippen molar-refractivity contribution in [1.29, 1.82) is 0 Å². The fourth-order valence-electron chi connectivity index (χ4n) is 2.27. The van der Waals surface area contributed by atoms with E-state index in [4.69, 9.17) is 21.7 Å². The van der Waals surface area contributed by atoms with Crippen molar-refractivity contribution in [2.24, 2.45) is 0 Å². The summed E-state index contributed by atoms with van der Waals surface area (Å²) in [6.07, 6.45) is 0. The molecule has 116 valence electrons. The van der Waals surface area contributed by atoms with Gasteiger partial charge < -0.3 is 20.1 Å². The zero-order valence-electron chi connectivity index (χ0n) is 11.9. The lowest BCUT2D eigenvalue weighted by Crippen LogP contribution is -2.27. The summed E-state index contributed by atoms with van der Waals surface area (Å²) in [6, 6.07) is 11.7. The number of anilines is 1. The summed E-state index contributed by atoms with van der Waals surface area (Å²) in [5.74, 6) is 1.55. The first-order valence-electron chi connectivity index (χ1n) is 6.93. The van der Waals surface area contributed by atoms with Gasteiger partial charge in [0.1, 0.15) is 5.52 Å². The van der Waals surface area contributed by atoms with E-state index in [0.717, 1.165) is 33.0 Å². The van der Waals surface area contributed by atoms with Crippen LogP contribution in [0.2, 0.25) is 0 Å². The van der Waals surface area contributed by atoms with Gasteiger partial charge in [-0.25, -0.2) is 0 Å². The molecule has 4 rings (SSSR count). The number of nitrogens with one attached hydrogen (secondary N) is 2. The number of hydrogen-bond donors (Lipinski definition) is 2. The molecule has 1 aliphatic rings. The van der Waals surface area contributed by atoms with Crippen LogP contribution in [0.15, 0.2) is 36.4 Å². The Labute approximate surface area is 141 Å². The minimum absolute atomic E-state index is 0.278. The molecule has 0 amide bonds. The second-order valence-corrected chi connectivity index (χ2v) is 6.14. The number of rotatable bonds is 3. The van der Waals surface area contributed by atoms with Crippen LogP contribution in [0.25, 0.3) is 10.2 Å². The number of ether oxygens (including phenoxy) is 2. The lowest BCUT2D eigenvalue weighted by atomic mass is 10.2. The average molecular weight is 344 g/mol. The van der Waals surface area contributed by atoms with Crippen LogP contribution in [0.3, 0.4) is 0 Å². The van der Waals surface area contributed by atoms with Crippen molar-refractivity contribution in [3.8, 4) is 11.5 Å². The summed E-state index contributed by atoms with van der Waals surface area (Å²) in [5.41, 5.74) is 2.81. The quantitative estimate of drug-likeness (QED) is 0.708. The summed E-state index contributed by atoms with van der Waals surface area (Å²) in [5, 5.41) is 10.9. The first-order chi connectivity index (χ1) is 11.3. The third-order valence-electron chi connectivity index (χ3n) is 3.39. The summed E-state index contributed by atoms with van der Waals surface area (Å²) in [4.78, 5) is 0. The third kappa shape index (κ3) is 3.03. The molecule has 0 atom stereocenters. The third-order valence-corrected chi connectivity index (χ3v) is 4.35. The number of benzene rings is 2. The molecule has 2 heterocycles. The molecule has 0 saturated heterocycles. The Bertz CT molecular complexity index is 881. The topological polar surface area (TPSA) is 68.3 Å². The van der Waals surface area contributed by atoms with Crippen molar-refractivity contribution in [3.05, 3.63) is 42.0 Å². The predicted molar refractivity (Wildman–Crippen MR) is 93.0 cm³/mol. The van der Waals surface area contributed by atoms with E-state index in [9.17, 15) is 0 Å².